The number of methoxy groups -OCH3 is 1. The fourth-order valence-corrected chi connectivity index (χ4v) is 5.78. The fraction of sp³-hybridized carbons (Fsp3) is 0.128. The summed E-state index contributed by atoms with van der Waals surface area (Å²) < 4.78 is 26.4. The van der Waals surface area contributed by atoms with Crippen molar-refractivity contribution in [2.24, 2.45) is 0 Å². The van der Waals surface area contributed by atoms with Gasteiger partial charge in [0.05, 0.1) is 18.6 Å². The molecular formula is C39H31N2NaO6. The molecule has 0 spiro atoms. The predicted molar refractivity (Wildman–Crippen MR) is 178 cm³/mol. The van der Waals surface area contributed by atoms with Crippen LogP contribution in [0.2, 0.25) is 0 Å². The summed E-state index contributed by atoms with van der Waals surface area (Å²) in [5.41, 5.74) is 5.79. The molecule has 0 aliphatic rings. The number of hydrogen-bond acceptors (Lipinski definition) is 7. The number of carboxylic acids is 1. The average molecular weight is 647 g/mol. The molecule has 0 saturated carbocycles. The number of aromatic nitrogens is 2. The molecule has 0 fully saturated rings. The van der Waals surface area contributed by atoms with E-state index in [0.717, 1.165) is 49.9 Å². The van der Waals surface area contributed by atoms with Crippen molar-refractivity contribution in [2.45, 2.75) is 26.7 Å². The van der Waals surface area contributed by atoms with Crippen molar-refractivity contribution >= 4 is 27.8 Å². The number of benzene rings is 5. The molecule has 5 aromatic carbocycles. The molecule has 234 valence electrons. The van der Waals surface area contributed by atoms with E-state index in [1.807, 2.05) is 79.7 Å². The van der Waals surface area contributed by atoms with Gasteiger partial charge in [-0.2, -0.15) is 0 Å². The number of hydrogen-bond donors (Lipinski definition) is 0. The average Bonchev–Trinajstić information content (AvgIpc) is 3.64. The summed E-state index contributed by atoms with van der Waals surface area (Å²) in [4.78, 5) is 15.8. The van der Waals surface area contributed by atoms with Crippen molar-refractivity contribution < 1.29 is 58.1 Å². The third-order valence-corrected chi connectivity index (χ3v) is 8.19. The second kappa shape index (κ2) is 14.4. The third-order valence-electron chi connectivity index (χ3n) is 8.19. The molecule has 0 amide bonds. The molecule has 9 heteroatoms. The third kappa shape index (κ3) is 6.69. The first-order valence-corrected chi connectivity index (χ1v) is 15.2. The number of ether oxygens (including phenoxy) is 3. The summed E-state index contributed by atoms with van der Waals surface area (Å²) in [5.74, 6) is 2.07. The topological polar surface area (TPSA) is 98.8 Å². The maximum Gasteiger partial charge on any atom is 1.00 e. The number of carbonyl (C=O) groups is 1. The van der Waals surface area contributed by atoms with E-state index in [0.29, 0.717) is 36.3 Å². The van der Waals surface area contributed by atoms with Gasteiger partial charge >= 0.3 is 29.6 Å². The molecule has 7 rings (SSSR count). The summed E-state index contributed by atoms with van der Waals surface area (Å²) >= 11 is 0. The first-order valence-electron chi connectivity index (χ1n) is 15.2. The van der Waals surface area contributed by atoms with Crippen LogP contribution in [-0.2, 0) is 19.8 Å². The van der Waals surface area contributed by atoms with E-state index >= 15 is 0 Å². The number of carboxylic acid groups (broad SMARTS) is 1. The summed E-state index contributed by atoms with van der Waals surface area (Å²) in [6.45, 7) is 3.02. The van der Waals surface area contributed by atoms with E-state index in [1.165, 1.54) is 12.1 Å². The Kier molecular flexibility index (Phi) is 9.87. The van der Waals surface area contributed by atoms with Gasteiger partial charge in [0.25, 0.3) is 0 Å². The number of oxazole rings is 1. The van der Waals surface area contributed by atoms with E-state index in [1.54, 1.807) is 19.2 Å². The molecule has 0 unspecified atom stereocenters. The second-order valence-corrected chi connectivity index (χ2v) is 11.2. The Morgan fingerprint density at radius 3 is 2.25 bits per heavy atom. The molecule has 2 heterocycles. The first-order chi connectivity index (χ1) is 23.0. The summed E-state index contributed by atoms with van der Waals surface area (Å²) in [6, 6.07) is 36.6. The van der Waals surface area contributed by atoms with Crippen molar-refractivity contribution in [3.05, 3.63) is 143 Å². The van der Waals surface area contributed by atoms with Crippen molar-refractivity contribution in [3.8, 4) is 28.7 Å². The van der Waals surface area contributed by atoms with E-state index < -0.39 is 5.97 Å². The zero-order valence-corrected chi connectivity index (χ0v) is 28.9. The van der Waals surface area contributed by atoms with E-state index in [2.05, 4.69) is 27.8 Å². The van der Waals surface area contributed by atoms with Gasteiger partial charge in [-0.25, -0.2) is 4.98 Å². The van der Waals surface area contributed by atoms with Gasteiger partial charge in [-0.15, -0.1) is 0 Å². The quantitative estimate of drug-likeness (QED) is 0.193. The normalized spacial score (nSPS) is 11.0. The largest absolute Gasteiger partial charge is 1.00 e. The number of aromatic carboxylic acids is 1. The Morgan fingerprint density at radius 2 is 1.48 bits per heavy atom. The van der Waals surface area contributed by atoms with Crippen LogP contribution in [0.1, 0.15) is 32.9 Å². The molecule has 0 saturated heterocycles. The van der Waals surface area contributed by atoms with Crippen molar-refractivity contribution in [3.63, 3.8) is 0 Å². The van der Waals surface area contributed by atoms with Gasteiger partial charge in [0.1, 0.15) is 30.4 Å². The van der Waals surface area contributed by atoms with Gasteiger partial charge in [0.15, 0.2) is 11.5 Å². The van der Waals surface area contributed by atoms with Gasteiger partial charge in [-0.3, -0.25) is 0 Å². The zero-order chi connectivity index (χ0) is 32.3. The number of nitrogens with zero attached hydrogens (tertiary/aromatic N) is 2. The Balaban J connectivity index is 0.00000401. The molecule has 0 bridgehead atoms. The van der Waals surface area contributed by atoms with Gasteiger partial charge in [-0.1, -0.05) is 72.8 Å². The van der Waals surface area contributed by atoms with Crippen LogP contribution >= 0.6 is 0 Å². The van der Waals surface area contributed by atoms with Gasteiger partial charge in [-0.05, 0) is 66.1 Å². The van der Waals surface area contributed by atoms with E-state index in [9.17, 15) is 9.90 Å². The molecule has 48 heavy (non-hydrogen) atoms. The van der Waals surface area contributed by atoms with E-state index in [-0.39, 0.29) is 41.7 Å². The monoisotopic (exact) mass is 646 g/mol. The number of para-hydroxylation sites is 1. The maximum absolute atomic E-state index is 11.1. The Hall–Kier alpha value is -5.02. The van der Waals surface area contributed by atoms with Crippen molar-refractivity contribution in [1.29, 1.82) is 0 Å². The Morgan fingerprint density at radius 1 is 0.771 bits per heavy atom. The molecule has 0 atom stereocenters. The minimum absolute atomic E-state index is 0. The SMILES string of the molecule is COc1cc(Cn2c3ccccc3c3c(OCc4ccc(C(=O)[O-])cc4)cccc32)ccc1OCc1nc(-c2ccccc2)oc1C.[Na+]. The van der Waals surface area contributed by atoms with Gasteiger partial charge in [0, 0.05) is 28.4 Å². The van der Waals surface area contributed by atoms with Crippen LogP contribution in [0, 0.1) is 6.92 Å². The van der Waals surface area contributed by atoms with Crippen LogP contribution in [0.3, 0.4) is 0 Å². The number of rotatable bonds is 11. The van der Waals surface area contributed by atoms with Crippen LogP contribution < -0.4 is 48.9 Å². The number of fused-ring (bicyclic) bond motifs is 3. The van der Waals surface area contributed by atoms with Crippen LogP contribution in [0.4, 0.5) is 0 Å². The molecule has 7 aromatic rings. The molecule has 0 aliphatic heterocycles. The number of aryl methyl sites for hydroxylation is 1. The summed E-state index contributed by atoms with van der Waals surface area (Å²) in [5, 5.41) is 13.2. The smallest absolute Gasteiger partial charge is 0.545 e. The first kappa shape index (κ1) is 32.9. The molecule has 0 N–H and O–H groups in total. The molecular weight excluding hydrogens is 615 g/mol. The molecule has 0 aliphatic carbocycles. The maximum atomic E-state index is 11.1. The van der Waals surface area contributed by atoms with Crippen LogP contribution in [0.25, 0.3) is 33.3 Å². The second-order valence-electron chi connectivity index (χ2n) is 11.2. The molecule has 0 radical (unpaired) electrons. The van der Waals surface area contributed by atoms with Gasteiger partial charge in [0.2, 0.25) is 5.89 Å². The standard InChI is InChI=1S/C39H32N2O6.Na/c1-25-31(40-38(47-25)28-9-4-3-5-10-28)24-46-34-20-17-27(21-36(34)44-2)22-41-32-12-7-6-11-30(32)37-33(41)13-8-14-35(37)45-23-26-15-18-29(19-16-26)39(42)43;/h3-21H,22-24H2,1-2H3,(H,42,43);/q;+1/p-1. The molecule has 2 aromatic heterocycles. The van der Waals surface area contributed by atoms with Crippen LogP contribution in [-0.4, -0.2) is 22.6 Å². The summed E-state index contributed by atoms with van der Waals surface area (Å²) in [7, 11) is 1.64. The Bertz CT molecular complexity index is 2210. The minimum atomic E-state index is -1.20. The van der Waals surface area contributed by atoms with Crippen LogP contribution in [0.5, 0.6) is 17.2 Å². The summed E-state index contributed by atoms with van der Waals surface area (Å²) in [6.07, 6.45) is 0. The number of carbonyl (C=O) groups excluding carboxylic acids is 1. The minimum Gasteiger partial charge on any atom is -0.545 e. The fourth-order valence-electron chi connectivity index (χ4n) is 5.78. The van der Waals surface area contributed by atoms with Gasteiger partial charge < -0.3 is 33.1 Å². The van der Waals surface area contributed by atoms with E-state index in [4.69, 9.17) is 18.6 Å². The Labute approximate surface area is 299 Å². The van der Waals surface area contributed by atoms with Crippen molar-refractivity contribution in [1.82, 2.24) is 9.55 Å². The predicted octanol–water partition coefficient (Wildman–Crippen LogP) is 4.34. The molecule has 8 nitrogen and oxygen atoms in total. The van der Waals surface area contributed by atoms with Crippen molar-refractivity contribution in [2.75, 3.05) is 7.11 Å². The zero-order valence-electron chi connectivity index (χ0n) is 26.9. The van der Waals surface area contributed by atoms with Crippen LogP contribution in [0.15, 0.2) is 120 Å².